The Hall–Kier alpha value is 1.14. The molecule has 0 aromatic rings. The zero-order chi connectivity index (χ0) is 5.70. The predicted octanol–water partition coefficient (Wildman–Crippen LogP) is -8.85. The molecule has 0 saturated carbocycles. The number of hydrogen-bond donors (Lipinski definition) is 0. The molecule has 10 heavy (non-hydrogen) atoms. The van der Waals surface area contributed by atoms with Gasteiger partial charge in [-0.25, -0.2) is 0 Å². The number of halogens is 3. The van der Waals surface area contributed by atoms with Crippen LogP contribution in [0.5, 0.6) is 0 Å². The maximum absolute atomic E-state index is 10.2. The predicted molar refractivity (Wildman–Crippen MR) is 27.2 cm³/mol. The molecular formula is C4H7Cl3O2Sn. The Kier molecular flexibility index (Phi) is 37.3. The van der Waals surface area contributed by atoms with E-state index in [4.69, 9.17) is 0 Å². The molecule has 6 heteroatoms. The van der Waals surface area contributed by atoms with Crippen molar-refractivity contribution in [1.29, 1.82) is 0 Å². The Morgan fingerprint density at radius 3 is 1.90 bits per heavy atom. The summed E-state index contributed by atoms with van der Waals surface area (Å²) in [5.41, 5.74) is 0. The number of methoxy groups -OCH3 is 1. The molecule has 0 radical (unpaired) electrons. The van der Waals surface area contributed by atoms with Gasteiger partial charge in [0.05, 0.1) is 0 Å². The second-order valence-corrected chi connectivity index (χ2v) is 2.50. The molecule has 0 aliphatic heterocycles. The summed E-state index contributed by atoms with van der Waals surface area (Å²) in [6.45, 7) is 0. The second-order valence-electron chi connectivity index (χ2n) is 1.08. The minimum atomic E-state index is -0.100. The molecule has 2 nitrogen and oxygen atoms in total. The Bertz CT molecular complexity index is 71.5. The molecular weight excluding hydrogens is 305 g/mol. The van der Waals surface area contributed by atoms with Gasteiger partial charge in [0.15, 0.2) is 0 Å². The van der Waals surface area contributed by atoms with Crippen LogP contribution in [0.1, 0.15) is 6.42 Å². The summed E-state index contributed by atoms with van der Waals surface area (Å²) in [7, 11) is 1.41. The fourth-order valence-electron chi connectivity index (χ4n) is 0.204. The smallest absolute Gasteiger partial charge is 1.00 e. The van der Waals surface area contributed by atoms with Crippen molar-refractivity contribution in [2.45, 2.75) is 10.9 Å². The van der Waals surface area contributed by atoms with Crippen LogP contribution in [0.2, 0.25) is 4.44 Å². The molecule has 0 heterocycles. The third-order valence-corrected chi connectivity index (χ3v) is 1.27. The molecule has 0 rings (SSSR count). The summed E-state index contributed by atoms with van der Waals surface area (Å²) in [5.74, 6) is -0.100. The van der Waals surface area contributed by atoms with Gasteiger partial charge in [-0.1, -0.05) is 0 Å². The van der Waals surface area contributed by atoms with Crippen molar-refractivity contribution < 1.29 is 46.8 Å². The van der Waals surface area contributed by atoms with Gasteiger partial charge in [0.2, 0.25) is 0 Å². The first-order chi connectivity index (χ1) is 3.31. The van der Waals surface area contributed by atoms with Crippen molar-refractivity contribution in [3.8, 4) is 0 Å². The molecule has 0 aromatic carbocycles. The van der Waals surface area contributed by atoms with Crippen LogP contribution in [0.25, 0.3) is 0 Å². The Morgan fingerprint density at radius 1 is 1.40 bits per heavy atom. The van der Waals surface area contributed by atoms with Gasteiger partial charge >= 0.3 is 56.0 Å². The average Bonchev–Trinajstić information content (AvgIpc) is 1.68. The first-order valence-corrected chi connectivity index (χ1v) is 4.04. The van der Waals surface area contributed by atoms with Crippen molar-refractivity contribution in [3.63, 3.8) is 0 Å². The summed E-state index contributed by atoms with van der Waals surface area (Å²) in [5, 5.41) is 0. The van der Waals surface area contributed by atoms with Crippen LogP contribution in [-0.2, 0) is 9.53 Å². The quantitative estimate of drug-likeness (QED) is 0.374. The van der Waals surface area contributed by atoms with Crippen molar-refractivity contribution in [2.24, 2.45) is 0 Å². The van der Waals surface area contributed by atoms with E-state index in [0.717, 1.165) is 4.44 Å². The topological polar surface area (TPSA) is 26.3 Å². The maximum Gasteiger partial charge on any atom is -1.00 e. The fraction of sp³-hybridized carbons (Fsp3) is 0.750. The summed E-state index contributed by atoms with van der Waals surface area (Å²) < 4.78 is 5.32. The molecule has 0 atom stereocenters. The van der Waals surface area contributed by atoms with Crippen LogP contribution in [0, 0.1) is 0 Å². The van der Waals surface area contributed by atoms with Crippen LogP contribution in [-0.4, -0.2) is 35.6 Å². The van der Waals surface area contributed by atoms with Gasteiger partial charge in [0.25, 0.3) is 0 Å². The SMILES string of the molecule is COC(=O)C[CH2][Sn+3].[Cl-].[Cl-].[Cl-]. The third-order valence-electron chi connectivity index (χ3n) is 0.557. The summed E-state index contributed by atoms with van der Waals surface area (Å²) in [6.07, 6.45) is 0.578. The molecule has 0 unspecified atom stereocenters. The van der Waals surface area contributed by atoms with Gasteiger partial charge < -0.3 is 37.2 Å². The van der Waals surface area contributed by atoms with E-state index < -0.39 is 0 Å². The summed E-state index contributed by atoms with van der Waals surface area (Å²) in [4.78, 5) is 10.2. The van der Waals surface area contributed by atoms with Gasteiger partial charge in [-0.2, -0.15) is 0 Å². The number of rotatable bonds is 2. The van der Waals surface area contributed by atoms with Crippen LogP contribution >= 0.6 is 0 Å². The van der Waals surface area contributed by atoms with Crippen molar-refractivity contribution >= 4 is 28.5 Å². The largest absolute Gasteiger partial charge is 1.00 e. The Morgan fingerprint density at radius 2 is 1.80 bits per heavy atom. The van der Waals surface area contributed by atoms with E-state index in [1.54, 1.807) is 0 Å². The van der Waals surface area contributed by atoms with E-state index in [1.807, 2.05) is 0 Å². The average molecular weight is 312 g/mol. The molecule has 60 valence electrons. The van der Waals surface area contributed by atoms with E-state index in [2.05, 4.69) is 4.74 Å². The van der Waals surface area contributed by atoms with Gasteiger partial charge in [-0.15, -0.1) is 0 Å². The van der Waals surface area contributed by atoms with E-state index in [1.165, 1.54) is 29.6 Å². The number of carbonyl (C=O) groups excluding carboxylic acids is 1. The monoisotopic (exact) mass is 312 g/mol. The first-order valence-electron chi connectivity index (χ1n) is 2.02. The van der Waals surface area contributed by atoms with Crippen molar-refractivity contribution in [1.82, 2.24) is 0 Å². The maximum atomic E-state index is 10.2. The zero-order valence-corrected chi connectivity index (χ0v) is 10.5. The molecule has 0 fully saturated rings. The number of ether oxygens (including phenoxy) is 1. The zero-order valence-electron chi connectivity index (χ0n) is 5.36. The van der Waals surface area contributed by atoms with Crippen LogP contribution in [0.15, 0.2) is 0 Å². The third kappa shape index (κ3) is 16.1. The first kappa shape index (κ1) is 22.5. The summed E-state index contributed by atoms with van der Waals surface area (Å²) >= 11 is 1.39. The molecule has 0 aliphatic rings. The Labute approximate surface area is 92.8 Å². The van der Waals surface area contributed by atoms with Crippen LogP contribution in [0.3, 0.4) is 0 Å². The van der Waals surface area contributed by atoms with Crippen LogP contribution < -0.4 is 37.2 Å². The molecule has 0 N–H and O–H groups in total. The number of carbonyl (C=O) groups is 1. The van der Waals surface area contributed by atoms with E-state index in [0.29, 0.717) is 6.42 Å². The molecule has 0 spiro atoms. The van der Waals surface area contributed by atoms with E-state index in [9.17, 15) is 4.79 Å². The molecule has 0 saturated heterocycles. The fourth-order valence-corrected chi connectivity index (χ4v) is 0.787. The number of hydrogen-bond acceptors (Lipinski definition) is 2. The summed E-state index contributed by atoms with van der Waals surface area (Å²) in [6, 6.07) is 0. The second kappa shape index (κ2) is 16.6. The molecule has 0 bridgehead atoms. The Balaban J connectivity index is -0.0000000600. The standard InChI is InChI=1S/C4H7O2.3ClH.Sn/c1-3-4(5)6-2;;;;/h1,3H2,2H3;3*1H;/q;;;;+3/p-3. The minimum absolute atomic E-state index is 0. The molecule has 0 aliphatic carbocycles. The van der Waals surface area contributed by atoms with E-state index >= 15 is 0 Å². The van der Waals surface area contributed by atoms with Gasteiger partial charge in [0, 0.05) is 0 Å². The normalized spacial score (nSPS) is 5.90. The molecule has 0 aromatic heterocycles. The number of esters is 1. The van der Waals surface area contributed by atoms with Gasteiger partial charge in [0.1, 0.15) is 0 Å². The van der Waals surface area contributed by atoms with Gasteiger partial charge in [-0.05, 0) is 0 Å². The van der Waals surface area contributed by atoms with E-state index in [-0.39, 0.29) is 43.2 Å². The van der Waals surface area contributed by atoms with Gasteiger partial charge in [-0.3, -0.25) is 0 Å². The van der Waals surface area contributed by atoms with Crippen LogP contribution in [0.4, 0.5) is 0 Å². The minimum Gasteiger partial charge on any atom is -1.00 e. The van der Waals surface area contributed by atoms with Crippen molar-refractivity contribution in [2.75, 3.05) is 7.11 Å². The molecule has 0 amide bonds. The van der Waals surface area contributed by atoms with Crippen molar-refractivity contribution in [3.05, 3.63) is 0 Å².